The van der Waals surface area contributed by atoms with E-state index in [0.717, 1.165) is 30.6 Å². The van der Waals surface area contributed by atoms with Crippen molar-refractivity contribution in [3.8, 4) is 0 Å². The highest BCUT2D eigenvalue weighted by Crippen LogP contribution is 2.14. The third kappa shape index (κ3) is 5.81. The van der Waals surface area contributed by atoms with E-state index in [1.54, 1.807) is 18.4 Å². The molecule has 140 valence electrons. The highest BCUT2D eigenvalue weighted by atomic mass is 32.1. The maximum Gasteiger partial charge on any atom is 0.191 e. The summed E-state index contributed by atoms with van der Waals surface area (Å²) in [5.74, 6) is 0.813. The number of guanidine groups is 1. The van der Waals surface area contributed by atoms with Crippen molar-refractivity contribution in [2.45, 2.75) is 45.8 Å². The molecule has 1 aromatic carbocycles. The second-order valence-electron chi connectivity index (χ2n) is 6.78. The molecule has 0 amide bonds. The Morgan fingerprint density at radius 2 is 1.77 bits per heavy atom. The predicted molar refractivity (Wildman–Crippen MR) is 109 cm³/mol. The van der Waals surface area contributed by atoms with E-state index in [1.807, 2.05) is 13.1 Å². The summed E-state index contributed by atoms with van der Waals surface area (Å²) in [7, 11) is 1.80. The van der Waals surface area contributed by atoms with Gasteiger partial charge in [0.2, 0.25) is 0 Å². The molecule has 2 N–H and O–H groups in total. The van der Waals surface area contributed by atoms with Crippen molar-refractivity contribution in [2.24, 2.45) is 4.99 Å². The topological polar surface area (TPSA) is 52.6 Å². The van der Waals surface area contributed by atoms with Gasteiger partial charge in [-0.15, -0.1) is 11.3 Å². The molecule has 1 fully saturated rings. The van der Waals surface area contributed by atoms with Gasteiger partial charge in [0.15, 0.2) is 5.96 Å². The molecule has 0 saturated carbocycles. The van der Waals surface area contributed by atoms with E-state index in [1.165, 1.54) is 48.4 Å². The molecule has 5 nitrogen and oxygen atoms in total. The van der Waals surface area contributed by atoms with Crippen LogP contribution < -0.4 is 10.6 Å². The smallest absolute Gasteiger partial charge is 0.191 e. The number of hydrogen-bond acceptors (Lipinski definition) is 4. The number of piperidine rings is 1. The summed E-state index contributed by atoms with van der Waals surface area (Å²) in [5, 5.41) is 7.81. The summed E-state index contributed by atoms with van der Waals surface area (Å²) in [6, 6.07) is 8.93. The van der Waals surface area contributed by atoms with E-state index in [-0.39, 0.29) is 0 Å². The van der Waals surface area contributed by atoms with Gasteiger partial charge < -0.3 is 10.6 Å². The normalized spacial score (nSPS) is 15.8. The first-order valence-corrected chi connectivity index (χ1v) is 10.2. The average molecular weight is 372 g/mol. The molecule has 0 unspecified atom stereocenters. The molecular weight excluding hydrogens is 342 g/mol. The van der Waals surface area contributed by atoms with Crippen molar-refractivity contribution in [1.29, 1.82) is 0 Å². The zero-order valence-corrected chi connectivity index (χ0v) is 16.6. The van der Waals surface area contributed by atoms with E-state index in [9.17, 15) is 0 Å². The highest BCUT2D eigenvalue weighted by Gasteiger charge is 2.10. The fraction of sp³-hybridized carbons (Fsp3) is 0.500. The molecule has 0 aliphatic carbocycles. The summed E-state index contributed by atoms with van der Waals surface area (Å²) in [6.07, 6.45) is 5.99. The number of likely N-dealkylation sites (tertiary alicyclic amines) is 1. The summed E-state index contributed by atoms with van der Waals surface area (Å²) in [4.78, 5) is 12.3. The van der Waals surface area contributed by atoms with Crippen LogP contribution >= 0.6 is 11.3 Å². The third-order valence-corrected chi connectivity index (χ3v) is 5.57. The van der Waals surface area contributed by atoms with Crippen LogP contribution in [-0.4, -0.2) is 36.0 Å². The van der Waals surface area contributed by atoms with Gasteiger partial charge in [0.1, 0.15) is 0 Å². The molecule has 0 bridgehead atoms. The first kappa shape index (κ1) is 18.9. The van der Waals surface area contributed by atoms with Gasteiger partial charge in [0, 0.05) is 31.2 Å². The number of aromatic nitrogens is 1. The van der Waals surface area contributed by atoms with Gasteiger partial charge in [-0.2, -0.15) is 0 Å². The van der Waals surface area contributed by atoms with Crippen molar-refractivity contribution in [3.05, 3.63) is 51.5 Å². The van der Waals surface area contributed by atoms with Crippen LogP contribution in [0.5, 0.6) is 0 Å². The summed E-state index contributed by atoms with van der Waals surface area (Å²) in [6.45, 7) is 7.10. The lowest BCUT2D eigenvalue weighted by atomic mass is 10.1. The Morgan fingerprint density at radius 1 is 1.08 bits per heavy atom. The van der Waals surface area contributed by atoms with Crippen LogP contribution in [0.3, 0.4) is 0 Å². The highest BCUT2D eigenvalue weighted by molar-refractivity contribution is 7.11. The summed E-state index contributed by atoms with van der Waals surface area (Å²) in [5.41, 5.74) is 2.67. The van der Waals surface area contributed by atoms with Crippen molar-refractivity contribution >= 4 is 17.3 Å². The quantitative estimate of drug-likeness (QED) is 0.604. The molecule has 1 aromatic heterocycles. The minimum absolute atomic E-state index is 0.750. The third-order valence-electron chi connectivity index (χ3n) is 4.66. The van der Waals surface area contributed by atoms with E-state index < -0.39 is 0 Å². The first-order valence-electron chi connectivity index (χ1n) is 9.39. The molecule has 2 heterocycles. The Kier molecular flexibility index (Phi) is 7.03. The van der Waals surface area contributed by atoms with Gasteiger partial charge in [-0.25, -0.2) is 4.98 Å². The number of nitrogens with zero attached hydrogens (tertiary/aromatic N) is 3. The second kappa shape index (κ2) is 9.69. The fourth-order valence-corrected chi connectivity index (χ4v) is 3.94. The Balaban J connectivity index is 1.44. The van der Waals surface area contributed by atoms with Crippen LogP contribution in [0.1, 0.15) is 40.3 Å². The van der Waals surface area contributed by atoms with Crippen molar-refractivity contribution in [2.75, 3.05) is 20.1 Å². The number of aryl methyl sites for hydroxylation is 1. The Hall–Kier alpha value is -1.92. The van der Waals surface area contributed by atoms with E-state index in [0.29, 0.717) is 0 Å². The van der Waals surface area contributed by atoms with Gasteiger partial charge in [-0.1, -0.05) is 30.7 Å². The van der Waals surface area contributed by atoms with Crippen molar-refractivity contribution in [1.82, 2.24) is 20.5 Å². The van der Waals surface area contributed by atoms with E-state index >= 15 is 0 Å². The maximum atomic E-state index is 4.29. The Morgan fingerprint density at radius 3 is 2.42 bits per heavy atom. The SMILES string of the molecule is CN=C(NCc1ccc(CN2CCCCC2)cc1)NCc1cnc(C)s1. The number of benzene rings is 1. The standard InChI is InChI=1S/C20H29N5S/c1-16-22-13-19(26-16)14-24-20(21-2)23-12-17-6-8-18(9-7-17)15-25-10-4-3-5-11-25/h6-9,13H,3-5,10-12,14-15H2,1-2H3,(H2,21,23,24). The lowest BCUT2D eigenvalue weighted by molar-refractivity contribution is 0.221. The molecule has 6 heteroatoms. The maximum absolute atomic E-state index is 4.29. The largest absolute Gasteiger partial charge is 0.352 e. The molecule has 0 radical (unpaired) electrons. The van der Waals surface area contributed by atoms with Crippen LogP contribution in [0, 0.1) is 6.92 Å². The van der Waals surface area contributed by atoms with E-state index in [2.05, 4.69) is 49.8 Å². The van der Waals surface area contributed by atoms with Crippen LogP contribution in [0.15, 0.2) is 35.5 Å². The number of nitrogens with one attached hydrogen (secondary N) is 2. The minimum atomic E-state index is 0.750. The Labute approximate surface area is 160 Å². The van der Waals surface area contributed by atoms with Gasteiger partial charge in [0.25, 0.3) is 0 Å². The number of thiazole rings is 1. The molecule has 26 heavy (non-hydrogen) atoms. The van der Waals surface area contributed by atoms with Crippen molar-refractivity contribution in [3.63, 3.8) is 0 Å². The first-order chi connectivity index (χ1) is 12.7. The molecular formula is C20H29N5S. The van der Waals surface area contributed by atoms with Crippen molar-refractivity contribution < 1.29 is 0 Å². The molecule has 0 spiro atoms. The molecule has 1 aliphatic heterocycles. The summed E-state index contributed by atoms with van der Waals surface area (Å²) >= 11 is 1.71. The number of hydrogen-bond donors (Lipinski definition) is 2. The summed E-state index contributed by atoms with van der Waals surface area (Å²) < 4.78 is 0. The number of rotatable bonds is 6. The second-order valence-corrected chi connectivity index (χ2v) is 8.10. The van der Waals surface area contributed by atoms with Crippen LogP contribution in [0.2, 0.25) is 0 Å². The fourth-order valence-electron chi connectivity index (χ4n) is 3.20. The van der Waals surface area contributed by atoms with Gasteiger partial charge in [0.05, 0.1) is 11.6 Å². The molecule has 1 saturated heterocycles. The van der Waals surface area contributed by atoms with Crippen LogP contribution in [0.4, 0.5) is 0 Å². The van der Waals surface area contributed by atoms with E-state index in [4.69, 9.17) is 0 Å². The Bertz CT molecular complexity index is 701. The van der Waals surface area contributed by atoms with Gasteiger partial charge in [-0.3, -0.25) is 9.89 Å². The predicted octanol–water partition coefficient (Wildman–Crippen LogP) is 3.30. The lowest BCUT2D eigenvalue weighted by Gasteiger charge is -2.26. The molecule has 1 aliphatic rings. The average Bonchev–Trinajstić information content (AvgIpc) is 3.09. The zero-order chi connectivity index (χ0) is 18.2. The van der Waals surface area contributed by atoms with Crippen LogP contribution in [-0.2, 0) is 19.6 Å². The minimum Gasteiger partial charge on any atom is -0.352 e. The molecule has 2 aromatic rings. The number of aliphatic imine (C=N–C) groups is 1. The monoisotopic (exact) mass is 371 g/mol. The van der Waals surface area contributed by atoms with Crippen LogP contribution in [0.25, 0.3) is 0 Å². The molecule has 0 atom stereocenters. The lowest BCUT2D eigenvalue weighted by Crippen LogP contribution is -2.36. The molecule has 3 rings (SSSR count). The van der Waals surface area contributed by atoms with Gasteiger partial charge >= 0.3 is 0 Å². The van der Waals surface area contributed by atoms with Gasteiger partial charge in [-0.05, 0) is 44.0 Å². The zero-order valence-electron chi connectivity index (χ0n) is 15.8.